The number of amides is 2. The molecule has 0 bridgehead atoms. The summed E-state index contributed by atoms with van der Waals surface area (Å²) in [5, 5.41) is 7.50. The fourth-order valence-corrected chi connectivity index (χ4v) is 4.90. The summed E-state index contributed by atoms with van der Waals surface area (Å²) in [6.45, 7) is 4.63. The molecule has 9 nitrogen and oxygen atoms in total. The lowest BCUT2D eigenvalue weighted by molar-refractivity contribution is -0.134. The van der Waals surface area contributed by atoms with Crippen LogP contribution in [0.15, 0.2) is 30.3 Å². The van der Waals surface area contributed by atoms with E-state index in [1.807, 2.05) is 31.2 Å². The van der Waals surface area contributed by atoms with Crippen molar-refractivity contribution in [3.63, 3.8) is 0 Å². The number of carbonyl (C=O) groups excluding carboxylic acids is 3. The van der Waals surface area contributed by atoms with Crippen molar-refractivity contribution in [1.29, 1.82) is 0 Å². The lowest BCUT2D eigenvalue weighted by atomic mass is 9.93. The molecule has 1 aromatic heterocycles. The van der Waals surface area contributed by atoms with Gasteiger partial charge in [-0.1, -0.05) is 37.8 Å². The van der Waals surface area contributed by atoms with E-state index in [4.69, 9.17) is 9.47 Å². The van der Waals surface area contributed by atoms with Gasteiger partial charge in [-0.2, -0.15) is 5.10 Å². The molecule has 1 aliphatic heterocycles. The monoisotopic (exact) mass is 482 g/mol. The molecule has 1 aromatic carbocycles. The van der Waals surface area contributed by atoms with Gasteiger partial charge in [0.2, 0.25) is 5.91 Å². The number of nitrogens with zero attached hydrogens (tertiary/aromatic N) is 3. The minimum Gasteiger partial charge on any atom is -0.494 e. The van der Waals surface area contributed by atoms with Crippen molar-refractivity contribution in [2.24, 2.45) is 0 Å². The Labute approximate surface area is 205 Å². The third-order valence-corrected chi connectivity index (χ3v) is 6.95. The largest absolute Gasteiger partial charge is 0.494 e. The van der Waals surface area contributed by atoms with Gasteiger partial charge < -0.3 is 19.7 Å². The lowest BCUT2D eigenvalue weighted by Crippen LogP contribution is -2.64. The summed E-state index contributed by atoms with van der Waals surface area (Å²) in [4.78, 5) is 41.1. The number of ether oxygens (including phenoxy) is 2. The topological polar surface area (TPSA) is 103 Å². The van der Waals surface area contributed by atoms with Gasteiger partial charge in [0.25, 0.3) is 5.91 Å². The summed E-state index contributed by atoms with van der Waals surface area (Å²) in [5.41, 5.74) is -0.00758. The maximum absolute atomic E-state index is 13.7. The van der Waals surface area contributed by atoms with E-state index >= 15 is 0 Å². The molecule has 9 heteroatoms. The van der Waals surface area contributed by atoms with E-state index in [-0.39, 0.29) is 42.3 Å². The molecule has 1 saturated carbocycles. The van der Waals surface area contributed by atoms with Crippen LogP contribution in [0, 0.1) is 0 Å². The molecule has 2 heterocycles. The molecular formula is C26H34N4O5. The number of esters is 1. The van der Waals surface area contributed by atoms with Crippen LogP contribution in [-0.2, 0) is 22.6 Å². The molecule has 1 fully saturated rings. The zero-order chi connectivity index (χ0) is 25.0. The molecule has 0 spiro atoms. The minimum atomic E-state index is -1.19. The number of rotatable bonds is 7. The summed E-state index contributed by atoms with van der Waals surface area (Å²) >= 11 is 0. The molecule has 0 unspecified atom stereocenters. The SMILES string of the molecule is CCOc1ccc(CN2C(=O)c3cc(C(=O)OC)nn3C[C@]2(C)C(=O)NC2CCCCCC2)cc1. The predicted molar refractivity (Wildman–Crippen MR) is 129 cm³/mol. The van der Waals surface area contributed by atoms with Gasteiger partial charge in [-0.3, -0.25) is 14.3 Å². The van der Waals surface area contributed by atoms with Gasteiger partial charge in [0.1, 0.15) is 17.0 Å². The number of nitrogens with one attached hydrogen (secondary N) is 1. The van der Waals surface area contributed by atoms with E-state index in [0.29, 0.717) is 6.61 Å². The van der Waals surface area contributed by atoms with Crippen molar-refractivity contribution in [3.8, 4) is 5.75 Å². The van der Waals surface area contributed by atoms with Gasteiger partial charge in [-0.25, -0.2) is 4.79 Å². The normalized spacial score (nSPS) is 20.7. The van der Waals surface area contributed by atoms with Crippen molar-refractivity contribution in [3.05, 3.63) is 47.3 Å². The van der Waals surface area contributed by atoms with Crippen LogP contribution in [0.1, 0.15) is 78.9 Å². The Morgan fingerprint density at radius 3 is 2.46 bits per heavy atom. The molecule has 188 valence electrons. The fraction of sp³-hybridized carbons (Fsp3) is 0.538. The smallest absolute Gasteiger partial charge is 0.358 e. The number of fused-ring (bicyclic) bond motifs is 1. The van der Waals surface area contributed by atoms with Crippen LogP contribution in [0.2, 0.25) is 0 Å². The Bertz CT molecular complexity index is 1070. The zero-order valence-electron chi connectivity index (χ0n) is 20.7. The number of methoxy groups -OCH3 is 1. The van der Waals surface area contributed by atoms with E-state index in [0.717, 1.165) is 37.0 Å². The lowest BCUT2D eigenvalue weighted by Gasteiger charge is -2.44. The maximum atomic E-state index is 13.7. The van der Waals surface area contributed by atoms with Crippen molar-refractivity contribution in [2.75, 3.05) is 13.7 Å². The first-order valence-electron chi connectivity index (χ1n) is 12.4. The van der Waals surface area contributed by atoms with E-state index < -0.39 is 11.5 Å². The number of hydrogen-bond acceptors (Lipinski definition) is 6. The molecule has 35 heavy (non-hydrogen) atoms. The van der Waals surface area contributed by atoms with E-state index in [1.54, 1.807) is 11.8 Å². The number of carbonyl (C=O) groups is 3. The first-order valence-corrected chi connectivity index (χ1v) is 12.4. The Balaban J connectivity index is 1.65. The quantitative estimate of drug-likeness (QED) is 0.480. The van der Waals surface area contributed by atoms with Crippen LogP contribution in [0.5, 0.6) is 5.75 Å². The second-order valence-corrected chi connectivity index (χ2v) is 9.47. The molecule has 1 N–H and O–H groups in total. The molecule has 2 aliphatic rings. The Kier molecular flexibility index (Phi) is 7.42. The molecule has 2 aromatic rings. The van der Waals surface area contributed by atoms with Gasteiger partial charge in [0.15, 0.2) is 5.69 Å². The van der Waals surface area contributed by atoms with Gasteiger partial charge in [-0.05, 0) is 44.4 Å². The fourth-order valence-electron chi connectivity index (χ4n) is 4.90. The van der Waals surface area contributed by atoms with Gasteiger partial charge >= 0.3 is 5.97 Å². The van der Waals surface area contributed by atoms with E-state index in [9.17, 15) is 14.4 Å². The van der Waals surface area contributed by atoms with Crippen molar-refractivity contribution in [1.82, 2.24) is 20.0 Å². The van der Waals surface area contributed by atoms with Crippen LogP contribution >= 0.6 is 0 Å². The molecule has 2 amide bonds. The third-order valence-electron chi connectivity index (χ3n) is 6.95. The Morgan fingerprint density at radius 1 is 1.14 bits per heavy atom. The molecule has 1 aliphatic carbocycles. The third kappa shape index (κ3) is 5.18. The Hall–Kier alpha value is -3.36. The predicted octanol–water partition coefficient (Wildman–Crippen LogP) is 3.32. The van der Waals surface area contributed by atoms with Crippen LogP contribution < -0.4 is 10.1 Å². The number of aromatic nitrogens is 2. The van der Waals surface area contributed by atoms with Crippen molar-refractivity contribution in [2.45, 2.75) is 77.0 Å². The molecule has 1 atom stereocenters. The highest BCUT2D eigenvalue weighted by Gasteiger charge is 2.48. The first kappa shape index (κ1) is 24.8. The van der Waals surface area contributed by atoms with E-state index in [2.05, 4.69) is 10.4 Å². The molecular weight excluding hydrogens is 448 g/mol. The van der Waals surface area contributed by atoms with Crippen LogP contribution in [0.3, 0.4) is 0 Å². The summed E-state index contributed by atoms with van der Waals surface area (Å²) in [6, 6.07) is 9.03. The van der Waals surface area contributed by atoms with Crippen molar-refractivity contribution < 1.29 is 23.9 Å². The standard InChI is InChI=1S/C26H34N4O5/c1-4-35-20-13-11-18(12-14-20)16-29-23(31)22-15-21(24(32)34-3)28-30(22)17-26(29,2)25(33)27-19-9-7-5-6-8-10-19/h11-15,19H,4-10,16-17H2,1-3H3,(H,27,33)/t26-/m1/s1. The molecule has 0 radical (unpaired) electrons. The Morgan fingerprint density at radius 2 is 1.83 bits per heavy atom. The highest BCUT2D eigenvalue weighted by Crippen LogP contribution is 2.31. The molecule has 4 rings (SSSR count). The minimum absolute atomic E-state index is 0.0466. The second-order valence-electron chi connectivity index (χ2n) is 9.47. The second kappa shape index (κ2) is 10.5. The van der Waals surface area contributed by atoms with Gasteiger partial charge in [-0.15, -0.1) is 0 Å². The number of hydrogen-bond donors (Lipinski definition) is 1. The molecule has 0 saturated heterocycles. The van der Waals surface area contributed by atoms with Crippen molar-refractivity contribution >= 4 is 17.8 Å². The van der Waals surface area contributed by atoms with Crippen LogP contribution in [0.4, 0.5) is 0 Å². The summed E-state index contributed by atoms with van der Waals surface area (Å²) in [6.07, 6.45) is 6.41. The average Bonchev–Trinajstić information content (AvgIpc) is 3.11. The maximum Gasteiger partial charge on any atom is 0.358 e. The van der Waals surface area contributed by atoms with E-state index in [1.165, 1.54) is 30.7 Å². The zero-order valence-corrected chi connectivity index (χ0v) is 20.7. The van der Waals surface area contributed by atoms with Crippen LogP contribution in [-0.4, -0.2) is 57.8 Å². The average molecular weight is 483 g/mol. The van der Waals surface area contributed by atoms with Crippen LogP contribution in [0.25, 0.3) is 0 Å². The number of benzene rings is 1. The summed E-state index contributed by atoms with van der Waals surface area (Å²) < 4.78 is 11.8. The van der Waals surface area contributed by atoms with Gasteiger partial charge in [0, 0.05) is 18.7 Å². The summed E-state index contributed by atoms with van der Waals surface area (Å²) in [5.74, 6) is -0.436. The summed E-state index contributed by atoms with van der Waals surface area (Å²) in [7, 11) is 1.27. The first-order chi connectivity index (χ1) is 16.9. The highest BCUT2D eigenvalue weighted by atomic mass is 16.5. The van der Waals surface area contributed by atoms with Gasteiger partial charge in [0.05, 0.1) is 20.3 Å². The highest BCUT2D eigenvalue weighted by molar-refractivity contribution is 6.01.